The maximum atomic E-state index is 5.90. The van der Waals surface area contributed by atoms with Crippen LogP contribution in [0.3, 0.4) is 0 Å². The minimum atomic E-state index is 0.647. The molecule has 1 heterocycles. The zero-order valence-electron chi connectivity index (χ0n) is 10.8. The Morgan fingerprint density at radius 1 is 1.26 bits per heavy atom. The van der Waals surface area contributed by atoms with Crippen molar-refractivity contribution in [1.82, 2.24) is 4.98 Å². The lowest BCUT2D eigenvalue weighted by Gasteiger charge is -2.19. The van der Waals surface area contributed by atoms with E-state index in [-0.39, 0.29) is 0 Å². The highest BCUT2D eigenvalue weighted by molar-refractivity contribution is 9.10. The third-order valence-corrected chi connectivity index (χ3v) is 3.74. The van der Waals surface area contributed by atoms with E-state index in [0.29, 0.717) is 5.02 Å². The molecule has 0 unspecified atom stereocenters. The Hall–Kier alpha value is -1.06. The summed E-state index contributed by atoms with van der Waals surface area (Å²) in [7, 11) is 2.05. The number of aromatic nitrogens is 1. The van der Waals surface area contributed by atoms with E-state index in [9.17, 15) is 0 Å². The second kappa shape index (κ2) is 6.92. The van der Waals surface area contributed by atoms with E-state index in [1.54, 1.807) is 6.20 Å². The monoisotopic (exact) mass is 338 g/mol. The molecular weight excluding hydrogens is 324 g/mol. The Labute approximate surface area is 127 Å². The van der Waals surface area contributed by atoms with Crippen molar-refractivity contribution in [1.29, 1.82) is 0 Å². The van der Waals surface area contributed by atoms with E-state index in [1.165, 1.54) is 5.56 Å². The molecule has 0 aliphatic carbocycles. The van der Waals surface area contributed by atoms with Gasteiger partial charge in [0.2, 0.25) is 0 Å². The number of hydrogen-bond donors (Lipinski definition) is 0. The Morgan fingerprint density at radius 3 is 2.68 bits per heavy atom. The van der Waals surface area contributed by atoms with Gasteiger partial charge in [0.05, 0.1) is 9.50 Å². The largest absolute Gasteiger partial charge is 0.359 e. The summed E-state index contributed by atoms with van der Waals surface area (Å²) in [5.74, 6) is 0.928. The Bertz CT molecular complexity index is 531. The molecule has 0 atom stereocenters. The van der Waals surface area contributed by atoms with Crippen molar-refractivity contribution in [2.75, 3.05) is 18.5 Å². The predicted molar refractivity (Wildman–Crippen MR) is 85.0 cm³/mol. The van der Waals surface area contributed by atoms with Crippen LogP contribution in [-0.4, -0.2) is 18.6 Å². The third-order valence-electron chi connectivity index (χ3n) is 2.95. The average Bonchev–Trinajstić information content (AvgIpc) is 2.39. The van der Waals surface area contributed by atoms with Crippen molar-refractivity contribution in [3.8, 4) is 0 Å². The number of benzene rings is 1. The molecule has 2 aromatic rings. The predicted octanol–water partition coefficient (Wildman–Crippen LogP) is 4.57. The van der Waals surface area contributed by atoms with Gasteiger partial charge in [0, 0.05) is 19.8 Å². The molecule has 0 saturated heterocycles. The smallest absolute Gasteiger partial charge is 0.142 e. The highest BCUT2D eigenvalue weighted by Gasteiger charge is 2.07. The number of aryl methyl sites for hydroxylation is 1. The van der Waals surface area contributed by atoms with Gasteiger partial charge in [-0.05, 0) is 40.4 Å². The van der Waals surface area contributed by atoms with Crippen molar-refractivity contribution < 1.29 is 0 Å². The van der Waals surface area contributed by atoms with Gasteiger partial charge in [-0.15, -0.1) is 0 Å². The second-order valence-electron chi connectivity index (χ2n) is 4.47. The highest BCUT2D eigenvalue weighted by atomic mass is 79.9. The van der Waals surface area contributed by atoms with Gasteiger partial charge in [-0.3, -0.25) is 0 Å². The molecule has 0 fully saturated rings. The van der Waals surface area contributed by atoms with Crippen molar-refractivity contribution >= 4 is 33.3 Å². The van der Waals surface area contributed by atoms with Crippen LogP contribution in [0, 0.1) is 0 Å². The third kappa shape index (κ3) is 4.22. The first-order chi connectivity index (χ1) is 9.16. The van der Waals surface area contributed by atoms with Gasteiger partial charge < -0.3 is 4.90 Å². The Balaban J connectivity index is 1.89. The normalized spacial score (nSPS) is 10.5. The van der Waals surface area contributed by atoms with Crippen LogP contribution >= 0.6 is 27.5 Å². The second-order valence-corrected chi connectivity index (χ2v) is 5.76. The lowest BCUT2D eigenvalue weighted by atomic mass is 10.1. The van der Waals surface area contributed by atoms with Crippen LogP contribution in [0.1, 0.15) is 12.0 Å². The summed E-state index contributed by atoms with van der Waals surface area (Å²) in [6.07, 6.45) is 3.85. The van der Waals surface area contributed by atoms with Crippen molar-refractivity contribution in [2.45, 2.75) is 12.8 Å². The molecule has 0 aliphatic rings. The summed E-state index contributed by atoms with van der Waals surface area (Å²) in [6.45, 7) is 0.960. The summed E-state index contributed by atoms with van der Waals surface area (Å²) in [5, 5.41) is 0.647. The number of hydrogen-bond acceptors (Lipinski definition) is 2. The summed E-state index contributed by atoms with van der Waals surface area (Å²) in [5.41, 5.74) is 1.37. The maximum absolute atomic E-state index is 5.90. The van der Waals surface area contributed by atoms with E-state index >= 15 is 0 Å². The summed E-state index contributed by atoms with van der Waals surface area (Å²) >= 11 is 9.39. The quantitative estimate of drug-likeness (QED) is 0.793. The molecule has 0 radical (unpaired) electrons. The van der Waals surface area contributed by atoms with Gasteiger partial charge in [0.25, 0.3) is 0 Å². The minimum absolute atomic E-state index is 0.647. The van der Waals surface area contributed by atoms with E-state index < -0.39 is 0 Å². The number of pyridine rings is 1. The molecule has 19 heavy (non-hydrogen) atoms. The van der Waals surface area contributed by atoms with Gasteiger partial charge >= 0.3 is 0 Å². The standard InChI is InChI=1S/C15H16BrClN2/c1-19(15-14(16)10-13(17)11-18-15)9-5-8-12-6-3-2-4-7-12/h2-4,6-7,10-11H,5,8-9H2,1H3. The van der Waals surface area contributed by atoms with Gasteiger partial charge in [0.15, 0.2) is 0 Å². The first-order valence-electron chi connectivity index (χ1n) is 6.23. The summed E-state index contributed by atoms with van der Waals surface area (Å²) in [4.78, 5) is 6.49. The van der Waals surface area contributed by atoms with Crippen LogP contribution in [0.25, 0.3) is 0 Å². The molecule has 0 aliphatic heterocycles. The summed E-state index contributed by atoms with van der Waals surface area (Å²) in [6, 6.07) is 12.4. The van der Waals surface area contributed by atoms with Crippen LogP contribution in [0.5, 0.6) is 0 Å². The van der Waals surface area contributed by atoms with Crippen LogP contribution in [0.4, 0.5) is 5.82 Å². The number of nitrogens with zero attached hydrogens (tertiary/aromatic N) is 2. The van der Waals surface area contributed by atoms with E-state index in [1.807, 2.05) is 19.2 Å². The molecule has 0 N–H and O–H groups in total. The molecule has 2 rings (SSSR count). The fourth-order valence-electron chi connectivity index (χ4n) is 1.96. The fraction of sp³-hybridized carbons (Fsp3) is 0.267. The van der Waals surface area contributed by atoms with E-state index in [0.717, 1.165) is 29.7 Å². The highest BCUT2D eigenvalue weighted by Crippen LogP contribution is 2.25. The van der Waals surface area contributed by atoms with Crippen molar-refractivity contribution in [3.63, 3.8) is 0 Å². The lowest BCUT2D eigenvalue weighted by Crippen LogP contribution is -2.20. The molecule has 0 bridgehead atoms. The molecule has 4 heteroatoms. The zero-order chi connectivity index (χ0) is 13.7. The van der Waals surface area contributed by atoms with Gasteiger partial charge in [0.1, 0.15) is 5.82 Å². The number of anilines is 1. The molecule has 100 valence electrons. The van der Waals surface area contributed by atoms with Crippen molar-refractivity contribution in [2.24, 2.45) is 0 Å². The fourth-order valence-corrected chi connectivity index (χ4v) is 2.90. The Kier molecular flexibility index (Phi) is 5.23. The number of rotatable bonds is 5. The Morgan fingerprint density at radius 2 is 2.00 bits per heavy atom. The first kappa shape index (κ1) is 14.4. The van der Waals surface area contributed by atoms with Gasteiger partial charge in [-0.1, -0.05) is 41.9 Å². The van der Waals surface area contributed by atoms with Gasteiger partial charge in [-0.25, -0.2) is 4.98 Å². The molecule has 0 spiro atoms. The molecular formula is C15H16BrClN2. The molecule has 0 amide bonds. The van der Waals surface area contributed by atoms with E-state index in [2.05, 4.69) is 50.1 Å². The van der Waals surface area contributed by atoms with Gasteiger partial charge in [-0.2, -0.15) is 0 Å². The van der Waals surface area contributed by atoms with Crippen LogP contribution in [0.2, 0.25) is 5.02 Å². The first-order valence-corrected chi connectivity index (χ1v) is 7.40. The number of halogens is 2. The average molecular weight is 340 g/mol. The molecule has 1 aromatic carbocycles. The maximum Gasteiger partial charge on any atom is 0.142 e. The molecule has 1 aromatic heterocycles. The van der Waals surface area contributed by atoms with Crippen LogP contribution in [-0.2, 0) is 6.42 Å². The zero-order valence-corrected chi connectivity index (χ0v) is 13.2. The van der Waals surface area contributed by atoms with Crippen LogP contribution in [0.15, 0.2) is 47.1 Å². The molecule has 0 saturated carbocycles. The van der Waals surface area contributed by atoms with Crippen LogP contribution < -0.4 is 4.90 Å². The minimum Gasteiger partial charge on any atom is -0.359 e. The lowest BCUT2D eigenvalue weighted by molar-refractivity contribution is 0.776. The summed E-state index contributed by atoms with van der Waals surface area (Å²) < 4.78 is 0.933. The van der Waals surface area contributed by atoms with E-state index in [4.69, 9.17) is 11.6 Å². The SMILES string of the molecule is CN(CCCc1ccccc1)c1ncc(Cl)cc1Br. The van der Waals surface area contributed by atoms with Crippen molar-refractivity contribution in [3.05, 3.63) is 57.7 Å². The molecule has 2 nitrogen and oxygen atoms in total. The topological polar surface area (TPSA) is 16.1 Å².